The molecule has 0 aliphatic heterocycles. The summed E-state index contributed by atoms with van der Waals surface area (Å²) in [5.74, 6) is -0.0903. The normalized spacial score (nSPS) is 10.6. The number of rotatable bonds is 4. The summed E-state index contributed by atoms with van der Waals surface area (Å²) < 4.78 is 1.78. The summed E-state index contributed by atoms with van der Waals surface area (Å²) in [5, 5.41) is 9.33. The van der Waals surface area contributed by atoms with Crippen molar-refractivity contribution in [2.24, 2.45) is 0 Å². The maximum absolute atomic E-state index is 12.4. The zero-order valence-corrected chi connectivity index (χ0v) is 13.4. The highest BCUT2D eigenvalue weighted by Gasteiger charge is 2.15. The van der Waals surface area contributed by atoms with E-state index in [1.807, 2.05) is 42.6 Å². The quantitative estimate of drug-likeness (QED) is 0.802. The van der Waals surface area contributed by atoms with Crippen LogP contribution in [0.15, 0.2) is 48.0 Å². The molecule has 0 bridgehead atoms. The summed E-state index contributed by atoms with van der Waals surface area (Å²) in [7, 11) is 0. The molecule has 0 atom stereocenters. The molecule has 1 N–H and O–H groups in total. The lowest BCUT2D eigenvalue weighted by molar-refractivity contribution is 0.0950. The van der Waals surface area contributed by atoms with Gasteiger partial charge < -0.3 is 5.32 Å². The van der Waals surface area contributed by atoms with Crippen LogP contribution < -0.4 is 5.32 Å². The molecule has 0 unspecified atom stereocenters. The maximum Gasteiger partial charge on any atom is 0.255 e. The van der Waals surface area contributed by atoms with E-state index in [-0.39, 0.29) is 5.91 Å². The van der Waals surface area contributed by atoms with Gasteiger partial charge in [-0.3, -0.25) is 4.79 Å². The summed E-state index contributed by atoms with van der Waals surface area (Å²) >= 11 is 1.66. The van der Waals surface area contributed by atoms with Gasteiger partial charge in [0, 0.05) is 4.88 Å². The van der Waals surface area contributed by atoms with E-state index in [0.717, 1.165) is 11.4 Å². The van der Waals surface area contributed by atoms with Gasteiger partial charge in [-0.05, 0) is 43.0 Å². The SMILES string of the molecule is Cc1ccsc1CNC(=O)c1cnn(-c2ccccc2)c1C. The van der Waals surface area contributed by atoms with Crippen molar-refractivity contribution < 1.29 is 4.79 Å². The van der Waals surface area contributed by atoms with Gasteiger partial charge in [0.25, 0.3) is 5.91 Å². The molecule has 1 aromatic carbocycles. The number of hydrogen-bond donors (Lipinski definition) is 1. The van der Waals surface area contributed by atoms with Crippen LogP contribution in [0.4, 0.5) is 0 Å². The molecule has 0 aliphatic carbocycles. The first-order valence-corrected chi connectivity index (χ1v) is 7.96. The van der Waals surface area contributed by atoms with Gasteiger partial charge in [-0.25, -0.2) is 4.68 Å². The minimum Gasteiger partial charge on any atom is -0.347 e. The highest BCUT2D eigenvalue weighted by atomic mass is 32.1. The zero-order valence-electron chi connectivity index (χ0n) is 12.5. The fraction of sp³-hybridized carbons (Fsp3) is 0.176. The van der Waals surface area contributed by atoms with E-state index in [0.29, 0.717) is 12.1 Å². The number of aromatic nitrogens is 2. The van der Waals surface area contributed by atoms with Crippen LogP contribution in [-0.4, -0.2) is 15.7 Å². The van der Waals surface area contributed by atoms with Gasteiger partial charge >= 0.3 is 0 Å². The number of benzene rings is 1. The van der Waals surface area contributed by atoms with E-state index in [2.05, 4.69) is 23.4 Å². The van der Waals surface area contributed by atoms with E-state index >= 15 is 0 Å². The second-order valence-electron chi connectivity index (χ2n) is 5.10. The van der Waals surface area contributed by atoms with Crippen LogP contribution >= 0.6 is 11.3 Å². The highest BCUT2D eigenvalue weighted by molar-refractivity contribution is 7.10. The Bertz CT molecular complexity index is 789. The molecule has 112 valence electrons. The lowest BCUT2D eigenvalue weighted by Gasteiger charge is -2.06. The summed E-state index contributed by atoms with van der Waals surface area (Å²) in [6, 6.07) is 11.9. The summed E-state index contributed by atoms with van der Waals surface area (Å²) in [5.41, 5.74) is 3.61. The van der Waals surface area contributed by atoms with E-state index in [9.17, 15) is 4.79 Å². The van der Waals surface area contributed by atoms with Gasteiger partial charge in [-0.2, -0.15) is 5.10 Å². The molecule has 0 spiro atoms. The predicted octanol–water partition coefficient (Wildman–Crippen LogP) is 3.48. The van der Waals surface area contributed by atoms with Gasteiger partial charge in [0.1, 0.15) is 0 Å². The van der Waals surface area contributed by atoms with E-state index in [4.69, 9.17) is 0 Å². The van der Waals surface area contributed by atoms with Crippen molar-refractivity contribution in [3.63, 3.8) is 0 Å². The number of nitrogens with zero attached hydrogens (tertiary/aromatic N) is 2. The van der Waals surface area contributed by atoms with Crippen molar-refractivity contribution in [2.45, 2.75) is 20.4 Å². The number of carbonyl (C=O) groups excluding carboxylic acids is 1. The molecule has 2 aromatic heterocycles. The van der Waals surface area contributed by atoms with Crippen molar-refractivity contribution in [2.75, 3.05) is 0 Å². The average molecular weight is 311 g/mol. The Hall–Kier alpha value is -2.40. The molecule has 0 fully saturated rings. The first kappa shape index (κ1) is 14.5. The molecule has 2 heterocycles. The first-order chi connectivity index (χ1) is 10.7. The fourth-order valence-corrected chi connectivity index (χ4v) is 3.15. The molecule has 5 heteroatoms. The van der Waals surface area contributed by atoms with Gasteiger partial charge in [0.05, 0.1) is 29.7 Å². The van der Waals surface area contributed by atoms with E-state index in [1.165, 1.54) is 10.4 Å². The Morgan fingerprint density at radius 3 is 2.68 bits per heavy atom. The first-order valence-electron chi connectivity index (χ1n) is 7.08. The minimum absolute atomic E-state index is 0.0903. The molecule has 0 saturated carbocycles. The third-order valence-electron chi connectivity index (χ3n) is 3.63. The number of thiophene rings is 1. The van der Waals surface area contributed by atoms with Crippen molar-refractivity contribution in [3.05, 3.63) is 69.7 Å². The van der Waals surface area contributed by atoms with Crippen LogP contribution in [0.2, 0.25) is 0 Å². The van der Waals surface area contributed by atoms with Crippen molar-refractivity contribution in [3.8, 4) is 5.69 Å². The smallest absolute Gasteiger partial charge is 0.255 e. The molecule has 3 aromatic rings. The molecule has 0 aliphatic rings. The molecule has 4 nitrogen and oxygen atoms in total. The second kappa shape index (κ2) is 6.15. The Morgan fingerprint density at radius 1 is 1.23 bits per heavy atom. The number of aryl methyl sites for hydroxylation is 1. The predicted molar refractivity (Wildman–Crippen MR) is 88.5 cm³/mol. The van der Waals surface area contributed by atoms with Crippen molar-refractivity contribution in [1.82, 2.24) is 15.1 Å². The van der Waals surface area contributed by atoms with Gasteiger partial charge in [-0.1, -0.05) is 18.2 Å². The van der Waals surface area contributed by atoms with Crippen LogP contribution in [0.5, 0.6) is 0 Å². The second-order valence-corrected chi connectivity index (χ2v) is 6.10. The Kier molecular flexibility index (Phi) is 4.06. The Morgan fingerprint density at radius 2 is 2.00 bits per heavy atom. The number of para-hydroxylation sites is 1. The van der Waals surface area contributed by atoms with E-state index in [1.54, 1.807) is 22.2 Å². The molecule has 3 rings (SSSR count). The zero-order chi connectivity index (χ0) is 15.5. The van der Waals surface area contributed by atoms with Crippen LogP contribution in [-0.2, 0) is 6.54 Å². The highest BCUT2D eigenvalue weighted by Crippen LogP contribution is 2.16. The van der Waals surface area contributed by atoms with Crippen LogP contribution in [0, 0.1) is 13.8 Å². The summed E-state index contributed by atoms with van der Waals surface area (Å²) in [6.07, 6.45) is 1.62. The topological polar surface area (TPSA) is 46.9 Å². The summed E-state index contributed by atoms with van der Waals surface area (Å²) in [6.45, 7) is 4.51. The monoisotopic (exact) mass is 311 g/mol. The molecular weight excluding hydrogens is 294 g/mol. The minimum atomic E-state index is -0.0903. The third kappa shape index (κ3) is 2.80. The van der Waals surface area contributed by atoms with Crippen LogP contribution in [0.1, 0.15) is 26.5 Å². The Balaban J connectivity index is 1.77. The number of carbonyl (C=O) groups is 1. The van der Waals surface area contributed by atoms with Gasteiger partial charge in [0.2, 0.25) is 0 Å². The van der Waals surface area contributed by atoms with Crippen LogP contribution in [0.3, 0.4) is 0 Å². The number of amides is 1. The van der Waals surface area contributed by atoms with Gasteiger partial charge in [0.15, 0.2) is 0 Å². The lowest BCUT2D eigenvalue weighted by Crippen LogP contribution is -2.23. The molecule has 22 heavy (non-hydrogen) atoms. The third-order valence-corrected chi connectivity index (χ3v) is 4.66. The Labute approximate surface area is 133 Å². The standard InChI is InChI=1S/C17H17N3OS/c1-12-8-9-22-16(12)11-18-17(21)15-10-19-20(13(15)2)14-6-4-3-5-7-14/h3-10H,11H2,1-2H3,(H,18,21). The van der Waals surface area contributed by atoms with Crippen molar-refractivity contribution >= 4 is 17.2 Å². The van der Waals surface area contributed by atoms with Crippen LogP contribution in [0.25, 0.3) is 5.69 Å². The van der Waals surface area contributed by atoms with Gasteiger partial charge in [-0.15, -0.1) is 11.3 Å². The molecule has 0 radical (unpaired) electrons. The average Bonchev–Trinajstić information content (AvgIpc) is 3.12. The molecule has 0 saturated heterocycles. The van der Waals surface area contributed by atoms with E-state index < -0.39 is 0 Å². The fourth-order valence-electron chi connectivity index (χ4n) is 2.30. The number of hydrogen-bond acceptors (Lipinski definition) is 3. The van der Waals surface area contributed by atoms with Crippen molar-refractivity contribution in [1.29, 1.82) is 0 Å². The molecule has 1 amide bonds. The largest absolute Gasteiger partial charge is 0.347 e. The lowest BCUT2D eigenvalue weighted by atomic mass is 10.2. The number of nitrogens with one attached hydrogen (secondary N) is 1. The maximum atomic E-state index is 12.4. The summed E-state index contributed by atoms with van der Waals surface area (Å²) in [4.78, 5) is 13.5. The molecular formula is C17H17N3OS.